The van der Waals surface area contributed by atoms with Gasteiger partial charge in [0.05, 0.1) is 5.75 Å². The van der Waals surface area contributed by atoms with E-state index in [0.29, 0.717) is 11.8 Å². The molecule has 80 valence electrons. The van der Waals surface area contributed by atoms with Crippen molar-refractivity contribution in [2.24, 2.45) is 5.92 Å². The maximum Gasteiger partial charge on any atom is 0.226 e. The second-order valence-corrected chi connectivity index (χ2v) is 4.29. The number of nitrogens with zero attached hydrogens (tertiary/aromatic N) is 2. The molecule has 1 aromatic rings. The van der Waals surface area contributed by atoms with Crippen molar-refractivity contribution in [3.05, 3.63) is 11.7 Å². The SMILES string of the molecule is CCc1nc(CSCC(C)CO)no1. The number of hydrogen-bond donors (Lipinski definition) is 1. The standard InChI is InChI=1S/C9H16N2O2S/c1-3-9-10-8(11-13-9)6-14-5-7(2)4-12/h7,12H,3-6H2,1-2H3. The molecule has 0 spiro atoms. The number of aliphatic hydroxyl groups is 1. The summed E-state index contributed by atoms with van der Waals surface area (Å²) in [6.45, 7) is 4.23. The highest BCUT2D eigenvalue weighted by atomic mass is 32.2. The van der Waals surface area contributed by atoms with Gasteiger partial charge < -0.3 is 9.63 Å². The lowest BCUT2D eigenvalue weighted by Gasteiger charge is -2.04. The zero-order chi connectivity index (χ0) is 10.4. The Bertz CT molecular complexity index is 265. The summed E-state index contributed by atoms with van der Waals surface area (Å²) in [4.78, 5) is 4.19. The van der Waals surface area contributed by atoms with Crippen molar-refractivity contribution < 1.29 is 9.63 Å². The second-order valence-electron chi connectivity index (χ2n) is 3.26. The van der Waals surface area contributed by atoms with Gasteiger partial charge in [0.25, 0.3) is 0 Å². The molecular weight excluding hydrogens is 200 g/mol. The summed E-state index contributed by atoms with van der Waals surface area (Å²) in [6, 6.07) is 0. The second kappa shape index (κ2) is 6.03. The molecule has 14 heavy (non-hydrogen) atoms. The monoisotopic (exact) mass is 216 g/mol. The van der Waals surface area contributed by atoms with Crippen LogP contribution in [0.2, 0.25) is 0 Å². The third-order valence-electron chi connectivity index (χ3n) is 1.76. The van der Waals surface area contributed by atoms with E-state index in [-0.39, 0.29) is 6.61 Å². The summed E-state index contributed by atoms with van der Waals surface area (Å²) >= 11 is 1.72. The summed E-state index contributed by atoms with van der Waals surface area (Å²) in [5.41, 5.74) is 0. The molecule has 4 nitrogen and oxygen atoms in total. The number of thioether (sulfide) groups is 1. The van der Waals surface area contributed by atoms with Gasteiger partial charge in [-0.1, -0.05) is 19.0 Å². The molecule has 1 N–H and O–H groups in total. The van der Waals surface area contributed by atoms with E-state index in [1.807, 2.05) is 13.8 Å². The topological polar surface area (TPSA) is 59.2 Å². The van der Waals surface area contributed by atoms with E-state index in [2.05, 4.69) is 10.1 Å². The minimum absolute atomic E-state index is 0.236. The molecule has 0 saturated heterocycles. The molecule has 1 heterocycles. The van der Waals surface area contributed by atoms with Crippen LogP contribution in [0.15, 0.2) is 4.52 Å². The minimum Gasteiger partial charge on any atom is -0.396 e. The van der Waals surface area contributed by atoms with Gasteiger partial charge in [0.1, 0.15) is 0 Å². The summed E-state index contributed by atoms with van der Waals surface area (Å²) in [5.74, 6) is 3.45. The van der Waals surface area contributed by atoms with E-state index in [1.54, 1.807) is 11.8 Å². The predicted octanol–water partition coefficient (Wildman–Crippen LogP) is 1.49. The van der Waals surface area contributed by atoms with Crippen molar-refractivity contribution >= 4 is 11.8 Å². The summed E-state index contributed by atoms with van der Waals surface area (Å²) in [5, 5.41) is 12.7. The number of hydrogen-bond acceptors (Lipinski definition) is 5. The van der Waals surface area contributed by atoms with Crippen LogP contribution >= 0.6 is 11.8 Å². The average Bonchev–Trinajstić information content (AvgIpc) is 2.65. The van der Waals surface area contributed by atoms with Gasteiger partial charge in [-0.2, -0.15) is 16.7 Å². The Morgan fingerprint density at radius 1 is 1.57 bits per heavy atom. The summed E-state index contributed by atoms with van der Waals surface area (Å²) in [7, 11) is 0. The highest BCUT2D eigenvalue weighted by molar-refractivity contribution is 7.98. The van der Waals surface area contributed by atoms with E-state index < -0.39 is 0 Å². The molecule has 5 heteroatoms. The third-order valence-corrected chi connectivity index (χ3v) is 3.02. The number of aliphatic hydroxyl groups excluding tert-OH is 1. The van der Waals surface area contributed by atoms with Crippen LogP contribution < -0.4 is 0 Å². The first-order chi connectivity index (χ1) is 6.76. The molecule has 1 aromatic heterocycles. The molecule has 0 amide bonds. The van der Waals surface area contributed by atoms with Crippen molar-refractivity contribution in [1.29, 1.82) is 0 Å². The van der Waals surface area contributed by atoms with Crippen molar-refractivity contribution in [2.45, 2.75) is 26.0 Å². The van der Waals surface area contributed by atoms with Gasteiger partial charge in [-0.05, 0) is 11.7 Å². The Morgan fingerprint density at radius 2 is 2.36 bits per heavy atom. The van der Waals surface area contributed by atoms with E-state index in [0.717, 1.165) is 23.8 Å². The molecule has 0 radical (unpaired) electrons. The molecule has 1 unspecified atom stereocenters. The summed E-state index contributed by atoms with van der Waals surface area (Å²) in [6.07, 6.45) is 0.782. The lowest BCUT2D eigenvalue weighted by atomic mass is 10.2. The van der Waals surface area contributed by atoms with Gasteiger partial charge in [0.2, 0.25) is 5.89 Å². The molecule has 1 rings (SSSR count). The van der Waals surface area contributed by atoms with Crippen LogP contribution in [-0.2, 0) is 12.2 Å². The number of aryl methyl sites for hydroxylation is 1. The van der Waals surface area contributed by atoms with Gasteiger partial charge in [-0.25, -0.2) is 0 Å². The van der Waals surface area contributed by atoms with E-state index in [4.69, 9.17) is 9.63 Å². The molecule has 0 bridgehead atoms. The average molecular weight is 216 g/mol. The van der Waals surface area contributed by atoms with Crippen LogP contribution in [0.25, 0.3) is 0 Å². The molecule has 0 saturated carbocycles. The lowest BCUT2D eigenvalue weighted by Crippen LogP contribution is -2.03. The normalized spacial score (nSPS) is 13.1. The fourth-order valence-corrected chi connectivity index (χ4v) is 1.82. The fraction of sp³-hybridized carbons (Fsp3) is 0.778. The molecule has 0 aromatic carbocycles. The van der Waals surface area contributed by atoms with Crippen LogP contribution in [-0.4, -0.2) is 27.6 Å². The zero-order valence-electron chi connectivity index (χ0n) is 8.56. The molecule has 0 aliphatic heterocycles. The first-order valence-corrected chi connectivity index (χ1v) is 5.91. The molecular formula is C9H16N2O2S. The van der Waals surface area contributed by atoms with Crippen LogP contribution in [0.4, 0.5) is 0 Å². The fourth-order valence-electron chi connectivity index (χ4n) is 0.896. The quantitative estimate of drug-likeness (QED) is 0.780. The summed E-state index contributed by atoms with van der Waals surface area (Å²) < 4.78 is 4.97. The van der Waals surface area contributed by atoms with E-state index in [9.17, 15) is 0 Å². The number of rotatable bonds is 6. The van der Waals surface area contributed by atoms with Gasteiger partial charge in [0, 0.05) is 13.0 Å². The molecule has 1 atom stereocenters. The van der Waals surface area contributed by atoms with Crippen LogP contribution in [0.1, 0.15) is 25.6 Å². The smallest absolute Gasteiger partial charge is 0.226 e. The van der Waals surface area contributed by atoms with Crippen LogP contribution in [0.5, 0.6) is 0 Å². The molecule has 0 fully saturated rings. The number of aromatic nitrogens is 2. The largest absolute Gasteiger partial charge is 0.396 e. The van der Waals surface area contributed by atoms with E-state index >= 15 is 0 Å². The Kier molecular flexibility index (Phi) is 4.97. The Labute approximate surface area is 88.1 Å². The third kappa shape index (κ3) is 3.67. The molecule has 0 aliphatic rings. The van der Waals surface area contributed by atoms with Gasteiger partial charge >= 0.3 is 0 Å². The van der Waals surface area contributed by atoms with Gasteiger partial charge in [-0.3, -0.25) is 0 Å². The Balaban J connectivity index is 2.24. The highest BCUT2D eigenvalue weighted by Crippen LogP contribution is 2.13. The van der Waals surface area contributed by atoms with Crippen LogP contribution in [0, 0.1) is 5.92 Å². The van der Waals surface area contributed by atoms with Gasteiger partial charge in [-0.15, -0.1) is 0 Å². The zero-order valence-corrected chi connectivity index (χ0v) is 9.38. The van der Waals surface area contributed by atoms with Crippen molar-refractivity contribution in [2.75, 3.05) is 12.4 Å². The Morgan fingerprint density at radius 3 is 2.93 bits per heavy atom. The van der Waals surface area contributed by atoms with E-state index in [1.165, 1.54) is 0 Å². The maximum atomic E-state index is 8.81. The Hall–Kier alpha value is -0.550. The predicted molar refractivity (Wildman–Crippen MR) is 56.1 cm³/mol. The maximum absolute atomic E-state index is 8.81. The van der Waals surface area contributed by atoms with Crippen molar-refractivity contribution in [3.8, 4) is 0 Å². The molecule has 0 aliphatic carbocycles. The first-order valence-electron chi connectivity index (χ1n) is 4.76. The minimum atomic E-state index is 0.236. The van der Waals surface area contributed by atoms with Crippen molar-refractivity contribution in [3.63, 3.8) is 0 Å². The van der Waals surface area contributed by atoms with Crippen molar-refractivity contribution in [1.82, 2.24) is 10.1 Å². The first kappa shape index (κ1) is 11.5. The van der Waals surface area contributed by atoms with Crippen LogP contribution in [0.3, 0.4) is 0 Å². The lowest BCUT2D eigenvalue weighted by molar-refractivity contribution is 0.250. The highest BCUT2D eigenvalue weighted by Gasteiger charge is 2.05. The van der Waals surface area contributed by atoms with Gasteiger partial charge in [0.15, 0.2) is 5.82 Å².